The monoisotopic (exact) mass is 305 g/mol. The fourth-order valence-corrected chi connectivity index (χ4v) is 3.08. The van der Waals surface area contributed by atoms with Gasteiger partial charge in [0.2, 0.25) is 5.91 Å². The van der Waals surface area contributed by atoms with Crippen LogP contribution in [0.1, 0.15) is 32.3 Å². The van der Waals surface area contributed by atoms with Crippen LogP contribution in [-0.2, 0) is 4.79 Å². The molecule has 1 amide bonds. The van der Waals surface area contributed by atoms with Gasteiger partial charge in [-0.3, -0.25) is 4.79 Å². The first-order valence-corrected chi connectivity index (χ1v) is 8.49. The third-order valence-corrected chi connectivity index (χ3v) is 4.15. The van der Waals surface area contributed by atoms with Gasteiger partial charge in [0.05, 0.1) is 16.8 Å². The quantitative estimate of drug-likeness (QED) is 0.795. The van der Waals surface area contributed by atoms with E-state index in [4.69, 9.17) is 0 Å². The molecule has 0 radical (unpaired) electrons. The predicted octanol–water partition coefficient (Wildman–Crippen LogP) is 3.61. The number of aromatic nitrogens is 2. The third kappa shape index (κ3) is 4.24. The van der Waals surface area contributed by atoms with E-state index in [1.54, 1.807) is 0 Å². The molecule has 0 saturated heterocycles. The van der Waals surface area contributed by atoms with Crippen molar-refractivity contribution in [1.82, 2.24) is 14.9 Å². The maximum absolute atomic E-state index is 12.2. The van der Waals surface area contributed by atoms with Gasteiger partial charge >= 0.3 is 0 Å². The van der Waals surface area contributed by atoms with Crippen LogP contribution < -0.4 is 0 Å². The van der Waals surface area contributed by atoms with Gasteiger partial charge in [0.25, 0.3) is 0 Å². The number of aromatic amines is 1. The molecule has 21 heavy (non-hydrogen) atoms. The van der Waals surface area contributed by atoms with Crippen LogP contribution in [0.15, 0.2) is 23.4 Å². The zero-order valence-electron chi connectivity index (χ0n) is 13.0. The number of fused-ring (bicyclic) bond motifs is 1. The number of imidazole rings is 1. The second-order valence-corrected chi connectivity index (χ2v) is 6.20. The van der Waals surface area contributed by atoms with Gasteiger partial charge in [-0.1, -0.05) is 31.7 Å². The van der Waals surface area contributed by atoms with Crippen molar-refractivity contribution in [3.63, 3.8) is 0 Å². The zero-order chi connectivity index (χ0) is 15.2. The Bertz CT molecular complexity index is 603. The second kappa shape index (κ2) is 7.50. The lowest BCUT2D eigenvalue weighted by molar-refractivity contribution is -0.128. The topological polar surface area (TPSA) is 49.0 Å². The van der Waals surface area contributed by atoms with E-state index in [9.17, 15) is 4.79 Å². The summed E-state index contributed by atoms with van der Waals surface area (Å²) in [6.07, 6.45) is 2.00. The van der Waals surface area contributed by atoms with E-state index in [-0.39, 0.29) is 5.91 Å². The Hall–Kier alpha value is -1.49. The zero-order valence-corrected chi connectivity index (χ0v) is 13.8. The summed E-state index contributed by atoms with van der Waals surface area (Å²) in [4.78, 5) is 22.0. The third-order valence-electron chi connectivity index (χ3n) is 3.29. The molecule has 0 fully saturated rings. The smallest absolute Gasteiger partial charge is 0.233 e. The number of nitrogens with zero attached hydrogens (tertiary/aromatic N) is 2. The number of aryl methyl sites for hydroxylation is 1. The molecule has 0 atom stereocenters. The molecule has 5 heteroatoms. The number of carbonyl (C=O) groups excluding carboxylic acids is 1. The van der Waals surface area contributed by atoms with E-state index < -0.39 is 0 Å². The van der Waals surface area contributed by atoms with Gasteiger partial charge in [-0.05, 0) is 37.5 Å². The molecule has 0 aliphatic carbocycles. The number of rotatable bonds is 7. The van der Waals surface area contributed by atoms with Crippen molar-refractivity contribution in [3.8, 4) is 0 Å². The van der Waals surface area contributed by atoms with Crippen LogP contribution in [0.25, 0.3) is 11.0 Å². The van der Waals surface area contributed by atoms with Gasteiger partial charge < -0.3 is 9.88 Å². The molecule has 0 aliphatic rings. The number of benzene rings is 1. The van der Waals surface area contributed by atoms with Crippen LogP contribution in [0, 0.1) is 6.92 Å². The maximum Gasteiger partial charge on any atom is 0.233 e. The highest BCUT2D eigenvalue weighted by atomic mass is 32.2. The molecule has 2 rings (SSSR count). The lowest BCUT2D eigenvalue weighted by atomic mass is 10.2. The number of amides is 1. The van der Waals surface area contributed by atoms with E-state index in [0.717, 1.165) is 42.1 Å². The molecule has 0 spiro atoms. The van der Waals surface area contributed by atoms with Crippen molar-refractivity contribution in [1.29, 1.82) is 0 Å². The van der Waals surface area contributed by atoms with Gasteiger partial charge in [-0.2, -0.15) is 0 Å². The van der Waals surface area contributed by atoms with Crippen LogP contribution in [0.2, 0.25) is 0 Å². The summed E-state index contributed by atoms with van der Waals surface area (Å²) in [6.45, 7) is 7.94. The average Bonchev–Trinajstić information content (AvgIpc) is 2.86. The summed E-state index contributed by atoms with van der Waals surface area (Å²) in [5.74, 6) is 0.638. The molecule has 0 aliphatic heterocycles. The molecule has 114 valence electrons. The normalized spacial score (nSPS) is 11.0. The van der Waals surface area contributed by atoms with Crippen LogP contribution in [0.5, 0.6) is 0 Å². The van der Waals surface area contributed by atoms with Gasteiger partial charge in [0.1, 0.15) is 0 Å². The molecule has 1 aromatic carbocycles. The van der Waals surface area contributed by atoms with Crippen LogP contribution >= 0.6 is 11.8 Å². The molecular formula is C16H23N3OS. The minimum absolute atomic E-state index is 0.195. The summed E-state index contributed by atoms with van der Waals surface area (Å²) in [7, 11) is 0. The molecule has 2 aromatic rings. The molecule has 1 heterocycles. The summed E-state index contributed by atoms with van der Waals surface area (Å²) < 4.78 is 0. The highest BCUT2D eigenvalue weighted by Gasteiger charge is 2.13. The minimum atomic E-state index is 0.195. The number of hydrogen-bond donors (Lipinski definition) is 1. The molecule has 1 N–H and O–H groups in total. The van der Waals surface area contributed by atoms with E-state index >= 15 is 0 Å². The van der Waals surface area contributed by atoms with Crippen molar-refractivity contribution in [2.24, 2.45) is 0 Å². The first-order chi connectivity index (χ1) is 10.1. The molecule has 0 unspecified atom stereocenters. The summed E-state index contributed by atoms with van der Waals surface area (Å²) in [5.41, 5.74) is 3.19. The highest BCUT2D eigenvalue weighted by molar-refractivity contribution is 7.99. The summed E-state index contributed by atoms with van der Waals surface area (Å²) in [6, 6.07) is 6.13. The highest BCUT2D eigenvalue weighted by Crippen LogP contribution is 2.20. The van der Waals surface area contributed by atoms with Gasteiger partial charge in [0.15, 0.2) is 5.16 Å². The molecular weight excluding hydrogens is 282 g/mol. The van der Waals surface area contributed by atoms with Gasteiger partial charge in [0, 0.05) is 13.1 Å². The van der Waals surface area contributed by atoms with E-state index in [2.05, 4.69) is 36.8 Å². The van der Waals surface area contributed by atoms with Crippen molar-refractivity contribution in [3.05, 3.63) is 23.8 Å². The number of H-pyrrole nitrogens is 1. The van der Waals surface area contributed by atoms with Crippen molar-refractivity contribution in [2.75, 3.05) is 18.8 Å². The first-order valence-electron chi connectivity index (χ1n) is 7.51. The number of hydrogen-bond acceptors (Lipinski definition) is 3. The fraction of sp³-hybridized carbons (Fsp3) is 0.500. The Morgan fingerprint density at radius 2 is 2.00 bits per heavy atom. The Morgan fingerprint density at radius 1 is 1.29 bits per heavy atom. The maximum atomic E-state index is 12.2. The minimum Gasteiger partial charge on any atom is -0.342 e. The Balaban J connectivity index is 1.98. The average molecular weight is 305 g/mol. The van der Waals surface area contributed by atoms with Crippen LogP contribution in [0.4, 0.5) is 0 Å². The summed E-state index contributed by atoms with van der Waals surface area (Å²) in [5, 5.41) is 0.817. The molecule has 4 nitrogen and oxygen atoms in total. The summed E-state index contributed by atoms with van der Waals surface area (Å²) >= 11 is 1.48. The van der Waals surface area contributed by atoms with Gasteiger partial charge in [-0.15, -0.1) is 0 Å². The molecule has 1 aromatic heterocycles. The SMILES string of the molecule is CCCN(CCC)C(=O)CSc1nc2ccc(C)cc2[nH]1. The molecule has 0 bridgehead atoms. The first kappa shape index (κ1) is 15.9. The van der Waals surface area contributed by atoms with Crippen molar-refractivity contribution >= 4 is 28.7 Å². The van der Waals surface area contributed by atoms with Crippen LogP contribution in [0.3, 0.4) is 0 Å². The predicted molar refractivity (Wildman–Crippen MR) is 88.7 cm³/mol. The van der Waals surface area contributed by atoms with Crippen molar-refractivity contribution < 1.29 is 4.79 Å². The Morgan fingerprint density at radius 3 is 2.67 bits per heavy atom. The largest absolute Gasteiger partial charge is 0.342 e. The van der Waals surface area contributed by atoms with E-state index in [1.807, 2.05) is 17.0 Å². The fourth-order valence-electron chi connectivity index (χ4n) is 2.29. The number of carbonyl (C=O) groups is 1. The Kier molecular flexibility index (Phi) is 5.67. The van der Waals surface area contributed by atoms with Crippen molar-refractivity contribution in [2.45, 2.75) is 38.8 Å². The number of thioether (sulfide) groups is 1. The van der Waals surface area contributed by atoms with Crippen LogP contribution in [-0.4, -0.2) is 39.6 Å². The van der Waals surface area contributed by atoms with E-state index in [0.29, 0.717) is 5.75 Å². The lowest BCUT2D eigenvalue weighted by Gasteiger charge is -2.20. The number of nitrogens with one attached hydrogen (secondary N) is 1. The Labute approximate surface area is 130 Å². The molecule has 0 saturated carbocycles. The standard InChI is InChI=1S/C16H23N3OS/c1-4-8-19(9-5-2)15(20)11-21-16-17-13-7-6-12(3)10-14(13)18-16/h6-7,10H,4-5,8-9,11H2,1-3H3,(H,17,18). The van der Waals surface area contributed by atoms with E-state index in [1.165, 1.54) is 17.3 Å². The van der Waals surface area contributed by atoms with Gasteiger partial charge in [-0.25, -0.2) is 4.98 Å². The lowest BCUT2D eigenvalue weighted by Crippen LogP contribution is -2.33. The second-order valence-electron chi connectivity index (χ2n) is 5.23.